The van der Waals surface area contributed by atoms with Gasteiger partial charge < -0.3 is 18.9 Å². The summed E-state index contributed by atoms with van der Waals surface area (Å²) in [7, 11) is 2.71. The SMILES string of the molecule is CCOC(=O)COc1c(C(=O)OC)sc2c1sc1cc(N(C(=O)OC)C3CCCCC3)ccc12. The van der Waals surface area contributed by atoms with Crippen molar-refractivity contribution < 1.29 is 33.3 Å². The highest BCUT2D eigenvalue weighted by molar-refractivity contribution is 7.34. The summed E-state index contributed by atoms with van der Waals surface area (Å²) in [6, 6.07) is 5.95. The Labute approximate surface area is 205 Å². The molecule has 1 amide bonds. The zero-order valence-corrected chi connectivity index (χ0v) is 21.0. The van der Waals surface area contributed by atoms with Gasteiger partial charge in [0, 0.05) is 21.8 Å². The van der Waals surface area contributed by atoms with Gasteiger partial charge in [-0.15, -0.1) is 22.7 Å². The fourth-order valence-corrected chi connectivity index (χ4v) is 6.92. The maximum atomic E-state index is 12.7. The van der Waals surface area contributed by atoms with Crippen LogP contribution in [0.3, 0.4) is 0 Å². The van der Waals surface area contributed by atoms with Crippen molar-refractivity contribution in [1.29, 1.82) is 0 Å². The predicted octanol–water partition coefficient (Wildman–Crippen LogP) is 5.75. The normalized spacial score (nSPS) is 14.2. The zero-order valence-electron chi connectivity index (χ0n) is 19.4. The summed E-state index contributed by atoms with van der Waals surface area (Å²) in [4.78, 5) is 39.0. The molecule has 0 saturated heterocycles. The van der Waals surface area contributed by atoms with Gasteiger partial charge in [-0.25, -0.2) is 14.4 Å². The summed E-state index contributed by atoms with van der Waals surface area (Å²) in [6.45, 7) is 1.66. The number of carbonyl (C=O) groups is 3. The number of carbonyl (C=O) groups excluding carboxylic acids is 3. The van der Waals surface area contributed by atoms with E-state index in [9.17, 15) is 14.4 Å². The van der Waals surface area contributed by atoms with Crippen LogP contribution in [0.4, 0.5) is 10.5 Å². The van der Waals surface area contributed by atoms with Crippen molar-refractivity contribution in [2.75, 3.05) is 32.3 Å². The van der Waals surface area contributed by atoms with E-state index in [1.54, 1.807) is 11.8 Å². The molecule has 182 valence electrons. The molecule has 1 aliphatic rings. The molecule has 2 heterocycles. The number of fused-ring (bicyclic) bond motifs is 3. The minimum absolute atomic E-state index is 0.106. The first-order valence-corrected chi connectivity index (χ1v) is 12.8. The highest BCUT2D eigenvalue weighted by Gasteiger charge is 2.29. The molecule has 0 spiro atoms. The second-order valence-electron chi connectivity index (χ2n) is 7.92. The summed E-state index contributed by atoms with van der Waals surface area (Å²) >= 11 is 2.71. The van der Waals surface area contributed by atoms with Crippen molar-refractivity contribution >= 4 is 65.9 Å². The summed E-state index contributed by atoms with van der Waals surface area (Å²) < 4.78 is 23.3. The third-order valence-corrected chi connectivity index (χ3v) is 8.31. The van der Waals surface area contributed by atoms with Gasteiger partial charge in [0.1, 0.15) is 0 Å². The minimum Gasteiger partial charge on any atom is -0.479 e. The highest BCUT2D eigenvalue weighted by atomic mass is 32.1. The molecule has 1 fully saturated rings. The lowest BCUT2D eigenvalue weighted by atomic mass is 9.94. The van der Waals surface area contributed by atoms with Gasteiger partial charge in [0.05, 0.1) is 30.2 Å². The van der Waals surface area contributed by atoms with Crippen molar-refractivity contribution in [3.8, 4) is 5.75 Å². The minimum atomic E-state index is -0.522. The standard InChI is InChI=1S/C24H27NO7S2/c1-4-31-18(26)13-32-19-21-20(34-22(19)23(27)29-2)16-11-10-15(12-17(16)33-21)25(24(28)30-3)14-8-6-5-7-9-14/h10-12,14H,4-9,13H2,1-3H3. The molecule has 1 aromatic carbocycles. The zero-order chi connectivity index (χ0) is 24.2. The van der Waals surface area contributed by atoms with Crippen molar-refractivity contribution in [2.24, 2.45) is 0 Å². The first kappa shape index (κ1) is 24.3. The molecule has 2 aromatic heterocycles. The van der Waals surface area contributed by atoms with Gasteiger partial charge in [-0.05, 0) is 31.9 Å². The second kappa shape index (κ2) is 10.6. The van der Waals surface area contributed by atoms with E-state index >= 15 is 0 Å². The molecule has 3 aromatic rings. The largest absolute Gasteiger partial charge is 0.479 e. The molecule has 34 heavy (non-hydrogen) atoms. The van der Waals surface area contributed by atoms with Crippen LogP contribution in [0, 0.1) is 0 Å². The van der Waals surface area contributed by atoms with Gasteiger partial charge in [0.15, 0.2) is 17.2 Å². The molecule has 0 atom stereocenters. The first-order chi connectivity index (χ1) is 16.5. The van der Waals surface area contributed by atoms with E-state index in [0.717, 1.165) is 50.9 Å². The number of hydrogen-bond acceptors (Lipinski definition) is 9. The smallest absolute Gasteiger partial charge is 0.414 e. The average molecular weight is 506 g/mol. The number of rotatable bonds is 7. The predicted molar refractivity (Wildman–Crippen MR) is 132 cm³/mol. The summed E-state index contributed by atoms with van der Waals surface area (Å²) in [5.74, 6) is -0.715. The molecule has 4 rings (SSSR count). The van der Waals surface area contributed by atoms with Crippen molar-refractivity contribution in [3.05, 3.63) is 23.1 Å². The lowest BCUT2D eigenvalue weighted by Gasteiger charge is -2.33. The van der Waals surface area contributed by atoms with Crippen LogP contribution in [0.15, 0.2) is 18.2 Å². The summed E-state index contributed by atoms with van der Waals surface area (Å²) in [5.41, 5.74) is 0.780. The molecular formula is C24H27NO7S2. The van der Waals surface area contributed by atoms with E-state index in [4.69, 9.17) is 18.9 Å². The van der Waals surface area contributed by atoms with E-state index < -0.39 is 11.9 Å². The van der Waals surface area contributed by atoms with Crippen LogP contribution in [0.2, 0.25) is 0 Å². The topological polar surface area (TPSA) is 91.4 Å². The Morgan fingerprint density at radius 2 is 1.79 bits per heavy atom. The van der Waals surface area contributed by atoms with Gasteiger partial charge in [0.25, 0.3) is 0 Å². The quantitative estimate of drug-likeness (QED) is 0.298. The van der Waals surface area contributed by atoms with Crippen LogP contribution in [-0.4, -0.2) is 51.5 Å². The molecular weight excluding hydrogens is 478 g/mol. The fourth-order valence-electron chi connectivity index (χ4n) is 4.31. The van der Waals surface area contributed by atoms with E-state index in [0.29, 0.717) is 10.6 Å². The van der Waals surface area contributed by atoms with Crippen molar-refractivity contribution in [1.82, 2.24) is 0 Å². The van der Waals surface area contributed by atoms with E-state index in [2.05, 4.69) is 0 Å². The molecule has 0 unspecified atom stereocenters. The van der Waals surface area contributed by atoms with E-state index in [1.165, 1.54) is 43.3 Å². The molecule has 10 heteroatoms. The van der Waals surface area contributed by atoms with Gasteiger partial charge in [-0.1, -0.05) is 25.3 Å². The Hall–Kier alpha value is -2.85. The average Bonchev–Trinajstić information content (AvgIpc) is 3.38. The van der Waals surface area contributed by atoms with Gasteiger partial charge in [-0.3, -0.25) is 4.90 Å². The molecule has 0 aliphatic heterocycles. The number of methoxy groups -OCH3 is 2. The number of thiophene rings is 2. The fraction of sp³-hybridized carbons (Fsp3) is 0.458. The number of benzene rings is 1. The maximum absolute atomic E-state index is 12.7. The maximum Gasteiger partial charge on any atom is 0.414 e. The highest BCUT2D eigenvalue weighted by Crippen LogP contribution is 2.48. The number of esters is 2. The molecule has 0 radical (unpaired) electrons. The Morgan fingerprint density at radius 1 is 1.03 bits per heavy atom. The van der Waals surface area contributed by atoms with Gasteiger partial charge in [-0.2, -0.15) is 0 Å². The van der Waals surface area contributed by atoms with Crippen LogP contribution in [0.25, 0.3) is 19.5 Å². The Bertz CT molecular complexity index is 1210. The van der Waals surface area contributed by atoms with Crippen LogP contribution in [0.1, 0.15) is 48.7 Å². The van der Waals surface area contributed by atoms with Gasteiger partial charge in [0.2, 0.25) is 0 Å². The number of amides is 1. The number of ether oxygens (including phenoxy) is 4. The summed E-state index contributed by atoms with van der Waals surface area (Å²) in [6.07, 6.45) is 4.89. The molecule has 1 saturated carbocycles. The van der Waals surface area contributed by atoms with Crippen molar-refractivity contribution in [3.63, 3.8) is 0 Å². The molecule has 8 nitrogen and oxygen atoms in total. The van der Waals surface area contributed by atoms with Crippen LogP contribution in [-0.2, 0) is 19.0 Å². The first-order valence-electron chi connectivity index (χ1n) is 11.2. The Morgan fingerprint density at radius 3 is 2.47 bits per heavy atom. The third kappa shape index (κ3) is 4.69. The Balaban J connectivity index is 1.75. The lowest BCUT2D eigenvalue weighted by molar-refractivity contribution is -0.145. The lowest BCUT2D eigenvalue weighted by Crippen LogP contribution is -2.41. The number of anilines is 1. The number of nitrogens with zero attached hydrogens (tertiary/aromatic N) is 1. The second-order valence-corrected chi connectivity index (χ2v) is 9.99. The van der Waals surface area contributed by atoms with Crippen LogP contribution >= 0.6 is 22.7 Å². The monoisotopic (exact) mass is 505 g/mol. The van der Waals surface area contributed by atoms with E-state index in [1.807, 2.05) is 18.2 Å². The molecule has 1 aliphatic carbocycles. The Kier molecular flexibility index (Phi) is 7.57. The third-order valence-electron chi connectivity index (χ3n) is 5.84. The van der Waals surface area contributed by atoms with Gasteiger partial charge >= 0.3 is 18.0 Å². The molecule has 0 bridgehead atoms. The molecule has 0 N–H and O–H groups in total. The van der Waals surface area contributed by atoms with E-state index in [-0.39, 0.29) is 25.3 Å². The van der Waals surface area contributed by atoms with Crippen LogP contribution in [0.5, 0.6) is 5.75 Å². The summed E-state index contributed by atoms with van der Waals surface area (Å²) in [5, 5.41) is 0.943. The van der Waals surface area contributed by atoms with Crippen LogP contribution < -0.4 is 9.64 Å². The number of hydrogen-bond donors (Lipinski definition) is 0. The van der Waals surface area contributed by atoms with Crippen molar-refractivity contribution in [2.45, 2.75) is 45.1 Å².